The van der Waals surface area contributed by atoms with Crippen molar-refractivity contribution >= 4 is 33.6 Å². The van der Waals surface area contributed by atoms with E-state index in [1.165, 1.54) is 48.4 Å². The Hall–Kier alpha value is -7.28. The maximum Gasteiger partial charge on any atom is 0.319 e. The third kappa shape index (κ3) is 9.16. The maximum absolute atomic E-state index is 15.8. The number of ether oxygens (including phenoxy) is 1. The summed E-state index contributed by atoms with van der Waals surface area (Å²) in [6.07, 6.45) is 7.38. The first kappa shape index (κ1) is 48.0. The standard InChI is InChI=1S/C58H60F2N8O5/c1-36-52(29-43(32-61)67(36)58(59)60)68-51-18-15-45(69)30-49(51)55-50(57(68)72)31-53(63(55)3)47-27-39-19-22-65(54(70)25-37-11-16-46(17-12-37)73-24-23-62(2)42-13-14-42)33-41(39)28-48(47)56(71)66-34-40-10-6-5-9-38(40)26-44(66)35-64-20-7-4-8-21-64/h5-6,9-12,15-18,27-31,42,44,58,69H,4,7-8,13-14,19-26,33-35H2,1-3H3/t44-/m0/s1. The summed E-state index contributed by atoms with van der Waals surface area (Å²) in [6.45, 7) is 3.78. The third-order valence-corrected chi connectivity index (χ3v) is 15.9. The molecule has 1 aliphatic carbocycles. The molecule has 1 N–H and O–H groups in total. The molecule has 2 fully saturated rings. The highest BCUT2D eigenvalue weighted by molar-refractivity contribution is 6.09. The summed E-state index contributed by atoms with van der Waals surface area (Å²) in [6, 6.07) is 30.0. The molecular weight excluding hydrogens is 927 g/mol. The van der Waals surface area contributed by atoms with E-state index >= 15 is 9.59 Å². The maximum atomic E-state index is 15.8. The van der Waals surface area contributed by atoms with Crippen molar-refractivity contribution in [2.24, 2.45) is 7.05 Å². The first-order valence-electron chi connectivity index (χ1n) is 25.6. The predicted octanol–water partition coefficient (Wildman–Crippen LogP) is 8.89. The molecule has 0 radical (unpaired) electrons. The number of halogens is 2. The van der Waals surface area contributed by atoms with Gasteiger partial charge in [-0.25, -0.2) is 0 Å². The van der Waals surface area contributed by atoms with Crippen LogP contribution in [0.2, 0.25) is 0 Å². The Labute approximate surface area is 423 Å². The number of alkyl halides is 2. The van der Waals surface area contributed by atoms with Crippen molar-refractivity contribution in [3.8, 4) is 34.5 Å². The Balaban J connectivity index is 0.991. The van der Waals surface area contributed by atoms with E-state index in [9.17, 15) is 23.9 Å². The number of aromatic hydroxyl groups is 1. The molecule has 4 aliphatic rings. The number of carbonyl (C=O) groups excluding carboxylic acids is 2. The van der Waals surface area contributed by atoms with Crippen LogP contribution in [0.15, 0.2) is 95.8 Å². The molecule has 0 bridgehead atoms. The van der Waals surface area contributed by atoms with E-state index in [-0.39, 0.29) is 52.5 Å². The van der Waals surface area contributed by atoms with Gasteiger partial charge in [0, 0.05) is 79.8 Å². The fraction of sp³-hybridized carbons (Fsp3) is 0.379. The van der Waals surface area contributed by atoms with E-state index < -0.39 is 12.1 Å². The molecule has 2 amide bonds. The molecule has 11 rings (SSSR count). The van der Waals surface area contributed by atoms with Crippen LogP contribution in [0.3, 0.4) is 0 Å². The summed E-state index contributed by atoms with van der Waals surface area (Å²) in [5.41, 5.74) is 6.87. The van der Waals surface area contributed by atoms with Gasteiger partial charge in [0.05, 0.1) is 28.5 Å². The SMILES string of the molecule is Cc1c(-n2c(=O)c3cc(-c4cc5c(cc4C(=O)N4Cc6ccccc6C[C@H]4CN4CCCCC4)CN(C(=O)Cc4ccc(OCCN(C)C6CC6)cc4)CC5)n(C)c3c3cc(O)ccc32)cc(C#N)n1C(F)F. The highest BCUT2D eigenvalue weighted by Crippen LogP contribution is 2.39. The van der Waals surface area contributed by atoms with E-state index in [0.29, 0.717) is 82.9 Å². The van der Waals surface area contributed by atoms with Crippen molar-refractivity contribution in [3.05, 3.63) is 146 Å². The molecule has 6 heterocycles. The summed E-state index contributed by atoms with van der Waals surface area (Å²) in [7, 11) is 3.96. The van der Waals surface area contributed by atoms with Gasteiger partial charge in [0.1, 0.15) is 29.9 Å². The number of piperidine rings is 1. The number of nitriles is 1. The summed E-state index contributed by atoms with van der Waals surface area (Å²) >= 11 is 0. The molecule has 3 aliphatic heterocycles. The Kier molecular flexibility index (Phi) is 12.9. The average Bonchev–Trinajstić information content (AvgIpc) is 4.12. The molecule has 73 heavy (non-hydrogen) atoms. The third-order valence-electron chi connectivity index (χ3n) is 15.9. The highest BCUT2D eigenvalue weighted by Gasteiger charge is 2.35. The molecule has 15 heteroatoms. The molecule has 1 saturated carbocycles. The number of phenolic OH excluding ortho intramolecular Hbond substituents is 1. The molecule has 1 saturated heterocycles. The van der Waals surface area contributed by atoms with Crippen LogP contribution in [0.1, 0.15) is 88.2 Å². The first-order chi connectivity index (χ1) is 35.3. The number of carbonyl (C=O) groups is 2. The van der Waals surface area contributed by atoms with Crippen LogP contribution in [0.5, 0.6) is 11.5 Å². The molecule has 3 aromatic heterocycles. The number of likely N-dealkylation sites (N-methyl/N-ethyl adjacent to an activating group) is 1. The second-order valence-corrected chi connectivity index (χ2v) is 20.5. The van der Waals surface area contributed by atoms with Gasteiger partial charge in [-0.05, 0) is 148 Å². The predicted molar refractivity (Wildman–Crippen MR) is 276 cm³/mol. The zero-order valence-electron chi connectivity index (χ0n) is 41.6. The van der Waals surface area contributed by atoms with Gasteiger partial charge in [-0.2, -0.15) is 14.0 Å². The van der Waals surface area contributed by atoms with E-state index in [4.69, 9.17) is 4.74 Å². The van der Waals surface area contributed by atoms with Crippen LogP contribution in [0, 0.1) is 18.3 Å². The van der Waals surface area contributed by atoms with Crippen LogP contribution in [0.25, 0.3) is 38.8 Å². The van der Waals surface area contributed by atoms with E-state index in [1.54, 1.807) is 18.2 Å². The normalized spacial score (nSPS) is 17.1. The molecule has 13 nitrogen and oxygen atoms in total. The number of benzene rings is 4. The summed E-state index contributed by atoms with van der Waals surface area (Å²) in [5, 5.41) is 21.5. The Morgan fingerprint density at radius 1 is 0.890 bits per heavy atom. The number of fused-ring (bicyclic) bond motifs is 5. The Morgan fingerprint density at radius 3 is 2.38 bits per heavy atom. The number of aromatic nitrogens is 3. The number of amides is 2. The number of aryl methyl sites for hydroxylation is 1. The monoisotopic (exact) mass is 986 g/mol. The van der Waals surface area contributed by atoms with Gasteiger partial charge in [-0.3, -0.25) is 23.5 Å². The molecule has 7 aromatic rings. The summed E-state index contributed by atoms with van der Waals surface area (Å²) in [5.74, 6) is 0.534. The van der Waals surface area contributed by atoms with Gasteiger partial charge in [-0.15, -0.1) is 0 Å². The van der Waals surface area contributed by atoms with Gasteiger partial charge < -0.3 is 34.0 Å². The quantitative estimate of drug-likeness (QED) is 0.121. The lowest BCUT2D eigenvalue weighted by Gasteiger charge is -2.41. The van der Waals surface area contributed by atoms with Crippen molar-refractivity contribution in [3.63, 3.8) is 0 Å². The largest absolute Gasteiger partial charge is 0.508 e. The van der Waals surface area contributed by atoms with Crippen molar-refractivity contribution in [2.75, 3.05) is 46.4 Å². The van der Waals surface area contributed by atoms with E-state index in [2.05, 4.69) is 35.0 Å². The van der Waals surface area contributed by atoms with Crippen molar-refractivity contribution < 1.29 is 28.2 Å². The molecule has 0 unspecified atom stereocenters. The molecule has 1 atom stereocenters. The minimum absolute atomic E-state index is 0.0160. The van der Waals surface area contributed by atoms with Crippen LogP contribution < -0.4 is 10.3 Å². The van der Waals surface area contributed by atoms with Crippen LogP contribution >= 0.6 is 0 Å². The van der Waals surface area contributed by atoms with Crippen molar-refractivity contribution in [1.82, 2.24) is 33.3 Å². The number of hydrogen-bond acceptors (Lipinski definition) is 8. The minimum atomic E-state index is -3.02. The van der Waals surface area contributed by atoms with E-state index in [1.807, 2.05) is 69.9 Å². The van der Waals surface area contributed by atoms with Gasteiger partial charge in [0.15, 0.2) is 0 Å². The molecule has 0 spiro atoms. The van der Waals surface area contributed by atoms with Crippen LogP contribution in [0.4, 0.5) is 8.78 Å². The topological polar surface area (TPSA) is 132 Å². The first-order valence-corrected chi connectivity index (χ1v) is 25.6. The second kappa shape index (κ2) is 19.6. The summed E-state index contributed by atoms with van der Waals surface area (Å²) in [4.78, 5) is 53.6. The minimum Gasteiger partial charge on any atom is -0.508 e. The Morgan fingerprint density at radius 2 is 1.66 bits per heavy atom. The molecule has 4 aromatic carbocycles. The van der Waals surface area contributed by atoms with Crippen molar-refractivity contribution in [1.29, 1.82) is 5.26 Å². The van der Waals surface area contributed by atoms with Crippen molar-refractivity contribution in [2.45, 2.75) is 90.0 Å². The zero-order valence-corrected chi connectivity index (χ0v) is 41.6. The van der Waals surface area contributed by atoms with Gasteiger partial charge in [0.2, 0.25) is 5.91 Å². The number of phenols is 1. The second-order valence-electron chi connectivity index (χ2n) is 20.5. The lowest BCUT2D eigenvalue weighted by atomic mass is 9.89. The zero-order chi connectivity index (χ0) is 50.7. The van der Waals surface area contributed by atoms with Gasteiger partial charge in [0.25, 0.3) is 11.5 Å². The Bertz CT molecular complexity index is 3400. The van der Waals surface area contributed by atoms with Crippen LogP contribution in [-0.2, 0) is 44.2 Å². The molecular formula is C58H60F2N8O5. The average molecular weight is 987 g/mol. The summed E-state index contributed by atoms with van der Waals surface area (Å²) < 4.78 is 38.6. The highest BCUT2D eigenvalue weighted by atomic mass is 19.3. The van der Waals surface area contributed by atoms with Gasteiger partial charge >= 0.3 is 6.55 Å². The fourth-order valence-electron chi connectivity index (χ4n) is 11.7. The van der Waals surface area contributed by atoms with Crippen LogP contribution in [-0.4, -0.2) is 109 Å². The molecule has 376 valence electrons. The number of hydrogen-bond donors (Lipinski definition) is 1. The number of nitrogens with zero attached hydrogens (tertiary/aromatic N) is 8. The smallest absolute Gasteiger partial charge is 0.319 e. The number of pyridine rings is 1. The van der Waals surface area contributed by atoms with E-state index in [0.717, 1.165) is 67.0 Å². The lowest BCUT2D eigenvalue weighted by molar-refractivity contribution is -0.131. The number of rotatable bonds is 13. The van der Waals surface area contributed by atoms with Gasteiger partial charge in [-0.1, -0.05) is 42.8 Å². The number of likely N-dealkylation sites (tertiary alicyclic amines) is 1. The lowest BCUT2D eigenvalue weighted by Crippen LogP contribution is -2.51. The fourth-order valence-corrected chi connectivity index (χ4v) is 11.7.